The Kier molecular flexibility index (Phi) is 2.76. The molecule has 1 rings (SSSR count). The molecule has 1 aliphatic heterocycles. The highest BCUT2D eigenvalue weighted by Gasteiger charge is 2.50. The van der Waals surface area contributed by atoms with Crippen LogP contribution in [0.5, 0.6) is 0 Å². The van der Waals surface area contributed by atoms with Crippen LogP contribution in [0.2, 0.25) is 0 Å². The number of alkyl halides is 3. The molecule has 0 saturated carbocycles. The average Bonchev–Trinajstić information content (AvgIpc) is 2.29. The molecule has 6 heteroatoms. The average molecular weight is 211 g/mol. The Morgan fingerprint density at radius 1 is 1.57 bits per heavy atom. The Labute approximate surface area is 79.5 Å². The minimum atomic E-state index is -4.41. The number of nitrogens with zero attached hydrogens (tertiary/aromatic N) is 1. The van der Waals surface area contributed by atoms with E-state index in [4.69, 9.17) is 5.11 Å². The van der Waals surface area contributed by atoms with Gasteiger partial charge >= 0.3 is 12.1 Å². The van der Waals surface area contributed by atoms with Gasteiger partial charge in [-0.05, 0) is 20.0 Å². The number of carbonyl (C=O) groups is 1. The van der Waals surface area contributed by atoms with Gasteiger partial charge < -0.3 is 10.0 Å². The number of hydrogen-bond donors (Lipinski definition) is 1. The van der Waals surface area contributed by atoms with Crippen LogP contribution in [0.15, 0.2) is 0 Å². The molecule has 0 radical (unpaired) electrons. The third-order valence-electron chi connectivity index (χ3n) is 2.54. The molecule has 1 aliphatic rings. The molecule has 14 heavy (non-hydrogen) atoms. The first kappa shape index (κ1) is 11.3. The van der Waals surface area contributed by atoms with Crippen LogP contribution in [0, 0.1) is 5.41 Å². The van der Waals surface area contributed by atoms with Crippen molar-refractivity contribution in [2.75, 3.05) is 20.1 Å². The van der Waals surface area contributed by atoms with Crippen molar-refractivity contribution in [2.24, 2.45) is 5.41 Å². The molecule has 82 valence electrons. The molecule has 1 saturated heterocycles. The number of carboxylic acid groups (broad SMARTS) is 1. The lowest BCUT2D eigenvalue weighted by atomic mass is 9.83. The van der Waals surface area contributed by atoms with Crippen LogP contribution < -0.4 is 0 Å². The summed E-state index contributed by atoms with van der Waals surface area (Å²) in [6.07, 6.45) is -5.58. The molecule has 0 aliphatic carbocycles. The van der Waals surface area contributed by atoms with Crippen molar-refractivity contribution in [1.82, 2.24) is 4.90 Å². The quantitative estimate of drug-likeness (QED) is 0.749. The van der Waals surface area contributed by atoms with Crippen molar-refractivity contribution >= 4 is 5.97 Å². The number of halogens is 3. The second-order valence-corrected chi connectivity index (χ2v) is 3.87. The Morgan fingerprint density at radius 2 is 2.14 bits per heavy atom. The third-order valence-corrected chi connectivity index (χ3v) is 2.54. The largest absolute Gasteiger partial charge is 0.481 e. The summed E-state index contributed by atoms with van der Waals surface area (Å²) in [6.45, 7) is 0.379. The van der Waals surface area contributed by atoms with E-state index in [2.05, 4.69) is 0 Å². The Hall–Kier alpha value is -0.780. The van der Waals surface area contributed by atoms with E-state index in [1.807, 2.05) is 0 Å². The van der Waals surface area contributed by atoms with E-state index in [0.717, 1.165) is 0 Å². The van der Waals surface area contributed by atoms with Crippen LogP contribution in [0.3, 0.4) is 0 Å². The molecular formula is C8H12F3NO2. The fourth-order valence-corrected chi connectivity index (χ4v) is 1.86. The molecule has 1 unspecified atom stereocenters. The second kappa shape index (κ2) is 3.42. The van der Waals surface area contributed by atoms with Crippen molar-refractivity contribution in [1.29, 1.82) is 0 Å². The van der Waals surface area contributed by atoms with Crippen LogP contribution in [-0.4, -0.2) is 42.3 Å². The second-order valence-electron chi connectivity index (χ2n) is 3.87. The van der Waals surface area contributed by atoms with Gasteiger partial charge in [0.15, 0.2) is 0 Å². The van der Waals surface area contributed by atoms with Gasteiger partial charge in [0.25, 0.3) is 0 Å². The van der Waals surface area contributed by atoms with Gasteiger partial charge in [-0.1, -0.05) is 0 Å². The molecule has 0 spiro atoms. The number of likely N-dealkylation sites (tertiary alicyclic amines) is 1. The summed E-state index contributed by atoms with van der Waals surface area (Å²) < 4.78 is 36.5. The van der Waals surface area contributed by atoms with Gasteiger partial charge in [-0.25, -0.2) is 0 Å². The molecule has 0 aromatic heterocycles. The molecule has 1 atom stereocenters. The van der Waals surface area contributed by atoms with E-state index in [0.29, 0.717) is 6.54 Å². The molecule has 3 nitrogen and oxygen atoms in total. The van der Waals surface area contributed by atoms with Crippen LogP contribution in [0.4, 0.5) is 13.2 Å². The maximum atomic E-state index is 12.2. The summed E-state index contributed by atoms with van der Waals surface area (Å²) in [4.78, 5) is 12.4. The molecule has 0 amide bonds. The first-order chi connectivity index (χ1) is 6.25. The first-order valence-corrected chi connectivity index (χ1v) is 4.24. The maximum absolute atomic E-state index is 12.2. The minimum absolute atomic E-state index is 0.0259. The minimum Gasteiger partial charge on any atom is -0.481 e. The van der Waals surface area contributed by atoms with Crippen LogP contribution in [-0.2, 0) is 4.79 Å². The first-order valence-electron chi connectivity index (χ1n) is 4.24. The lowest BCUT2D eigenvalue weighted by Gasteiger charge is -2.24. The van der Waals surface area contributed by atoms with E-state index in [9.17, 15) is 18.0 Å². The smallest absolute Gasteiger partial charge is 0.390 e. The maximum Gasteiger partial charge on any atom is 0.390 e. The van der Waals surface area contributed by atoms with Crippen molar-refractivity contribution < 1.29 is 23.1 Å². The van der Waals surface area contributed by atoms with Gasteiger partial charge in [-0.2, -0.15) is 13.2 Å². The molecule has 1 fully saturated rings. The summed E-state index contributed by atoms with van der Waals surface area (Å²) in [5, 5.41) is 8.82. The zero-order valence-electron chi connectivity index (χ0n) is 7.76. The molecule has 0 aromatic rings. The van der Waals surface area contributed by atoms with Gasteiger partial charge in [0.2, 0.25) is 0 Å². The van der Waals surface area contributed by atoms with Crippen LogP contribution >= 0.6 is 0 Å². The number of carboxylic acids is 1. The Balaban J connectivity index is 2.79. The monoisotopic (exact) mass is 211 g/mol. The number of hydrogen-bond acceptors (Lipinski definition) is 2. The number of aliphatic carboxylic acids is 1. The molecule has 0 aromatic carbocycles. The molecular weight excluding hydrogens is 199 g/mol. The van der Waals surface area contributed by atoms with Crippen molar-refractivity contribution in [3.63, 3.8) is 0 Å². The highest BCUT2D eigenvalue weighted by atomic mass is 19.4. The highest BCUT2D eigenvalue weighted by Crippen LogP contribution is 2.40. The fourth-order valence-electron chi connectivity index (χ4n) is 1.86. The van der Waals surface area contributed by atoms with Gasteiger partial charge in [0, 0.05) is 6.54 Å². The van der Waals surface area contributed by atoms with E-state index >= 15 is 0 Å². The molecule has 1 N–H and O–H groups in total. The van der Waals surface area contributed by atoms with E-state index < -0.39 is 24.0 Å². The lowest BCUT2D eigenvalue weighted by Crippen LogP contribution is -2.38. The topological polar surface area (TPSA) is 40.5 Å². The summed E-state index contributed by atoms with van der Waals surface area (Å²) in [5.74, 6) is -1.35. The van der Waals surface area contributed by atoms with Crippen molar-refractivity contribution in [3.8, 4) is 0 Å². The normalized spacial score (nSPS) is 29.4. The predicted octanol–water partition coefficient (Wildman–Crippen LogP) is 1.35. The van der Waals surface area contributed by atoms with Crippen LogP contribution in [0.1, 0.15) is 12.8 Å². The molecule has 0 bridgehead atoms. The van der Waals surface area contributed by atoms with E-state index in [1.54, 1.807) is 11.9 Å². The van der Waals surface area contributed by atoms with Gasteiger partial charge in [0.1, 0.15) is 0 Å². The zero-order valence-corrected chi connectivity index (χ0v) is 7.76. The van der Waals surface area contributed by atoms with Crippen molar-refractivity contribution in [3.05, 3.63) is 0 Å². The van der Waals surface area contributed by atoms with Crippen molar-refractivity contribution in [2.45, 2.75) is 19.0 Å². The van der Waals surface area contributed by atoms with Gasteiger partial charge in [-0.3, -0.25) is 4.79 Å². The lowest BCUT2D eigenvalue weighted by molar-refractivity contribution is -0.177. The summed E-state index contributed by atoms with van der Waals surface area (Å²) >= 11 is 0. The highest BCUT2D eigenvalue weighted by molar-refractivity contribution is 5.75. The standard InChI is InChI=1S/C8H12F3NO2/c1-12-3-2-7(5-12,6(13)14)4-8(9,10)11/h2-5H2,1H3,(H,13,14). The summed E-state index contributed by atoms with van der Waals surface area (Å²) in [7, 11) is 1.63. The molecule has 1 heterocycles. The summed E-state index contributed by atoms with van der Waals surface area (Å²) in [5.41, 5.74) is -1.63. The Bertz CT molecular complexity index is 241. The van der Waals surface area contributed by atoms with Gasteiger partial charge in [-0.15, -0.1) is 0 Å². The van der Waals surface area contributed by atoms with Gasteiger partial charge in [0.05, 0.1) is 11.8 Å². The van der Waals surface area contributed by atoms with E-state index in [-0.39, 0.29) is 13.0 Å². The predicted molar refractivity (Wildman–Crippen MR) is 42.9 cm³/mol. The van der Waals surface area contributed by atoms with Crippen LogP contribution in [0.25, 0.3) is 0 Å². The SMILES string of the molecule is CN1CCC(CC(F)(F)F)(C(=O)O)C1. The third kappa shape index (κ3) is 2.37. The zero-order chi connectivity index (χ0) is 11.0. The Morgan fingerprint density at radius 3 is 2.43 bits per heavy atom. The fraction of sp³-hybridized carbons (Fsp3) is 0.875. The number of rotatable bonds is 2. The summed E-state index contributed by atoms with van der Waals surface area (Å²) in [6, 6.07) is 0. The van der Waals surface area contributed by atoms with E-state index in [1.165, 1.54) is 0 Å².